The van der Waals surface area contributed by atoms with Gasteiger partial charge in [-0.15, -0.1) is 10.2 Å². The van der Waals surface area contributed by atoms with E-state index in [1.54, 1.807) is 30.3 Å². The van der Waals surface area contributed by atoms with Crippen LogP contribution in [-0.2, 0) is 6.42 Å². The average molecular weight is 338 g/mol. The number of H-pyrrole nitrogens is 1. The van der Waals surface area contributed by atoms with Crippen molar-refractivity contribution in [2.24, 2.45) is 0 Å². The Hall–Kier alpha value is -3.17. The van der Waals surface area contributed by atoms with Crippen LogP contribution in [-0.4, -0.2) is 15.2 Å². The lowest BCUT2D eigenvalue weighted by molar-refractivity contribution is 0.874. The summed E-state index contributed by atoms with van der Waals surface area (Å²) in [5, 5.41) is 20.5. The minimum Gasteiger partial charge on any atom is -0.323 e. The number of para-hydroxylation sites is 1. The highest BCUT2D eigenvalue weighted by atomic mass is 35.5. The third-order valence-corrected chi connectivity index (χ3v) is 3.75. The van der Waals surface area contributed by atoms with Gasteiger partial charge in [-0.25, -0.2) is 0 Å². The van der Waals surface area contributed by atoms with E-state index in [0.29, 0.717) is 16.3 Å². The van der Waals surface area contributed by atoms with Crippen LogP contribution in [0.2, 0.25) is 5.02 Å². The van der Waals surface area contributed by atoms with Crippen LogP contribution in [0.1, 0.15) is 16.8 Å². The number of rotatable bonds is 4. The van der Waals surface area contributed by atoms with Gasteiger partial charge < -0.3 is 5.32 Å². The first-order chi connectivity index (χ1) is 11.7. The van der Waals surface area contributed by atoms with Crippen molar-refractivity contribution in [3.8, 4) is 6.07 Å². The van der Waals surface area contributed by atoms with Gasteiger partial charge in [-0.05, 0) is 23.8 Å². The second kappa shape index (κ2) is 6.94. The van der Waals surface area contributed by atoms with E-state index in [2.05, 4.69) is 26.6 Å². The summed E-state index contributed by atoms with van der Waals surface area (Å²) < 4.78 is 0. The van der Waals surface area contributed by atoms with Crippen LogP contribution < -0.4 is 10.9 Å². The monoisotopic (exact) mass is 337 g/mol. The summed E-state index contributed by atoms with van der Waals surface area (Å²) in [4.78, 5) is 14.8. The number of benzene rings is 2. The van der Waals surface area contributed by atoms with E-state index in [1.807, 2.05) is 18.2 Å². The van der Waals surface area contributed by atoms with Gasteiger partial charge in [0, 0.05) is 11.4 Å². The molecule has 0 radical (unpaired) electrons. The molecule has 2 N–H and O–H groups in total. The first kappa shape index (κ1) is 15.7. The van der Waals surface area contributed by atoms with Crippen LogP contribution in [0.25, 0.3) is 0 Å². The number of anilines is 2. The highest BCUT2D eigenvalue weighted by molar-refractivity contribution is 6.31. The molecule has 0 aliphatic rings. The molecule has 0 saturated carbocycles. The van der Waals surface area contributed by atoms with Crippen LogP contribution in [0.3, 0.4) is 0 Å². The van der Waals surface area contributed by atoms with Crippen LogP contribution in [0.15, 0.2) is 53.3 Å². The SMILES string of the molecule is N#Cc1ccccc1Nc1nnc(Cc2ccccc2Cl)c(=O)[nH]1. The smallest absolute Gasteiger partial charge is 0.274 e. The molecule has 0 unspecified atom stereocenters. The van der Waals surface area contributed by atoms with Crippen LogP contribution in [0.4, 0.5) is 11.6 Å². The van der Waals surface area contributed by atoms with Gasteiger partial charge >= 0.3 is 0 Å². The minimum atomic E-state index is -0.359. The summed E-state index contributed by atoms with van der Waals surface area (Å²) in [6.45, 7) is 0. The number of aromatic amines is 1. The second-order valence-electron chi connectivity index (χ2n) is 5.00. The Morgan fingerprint density at radius 1 is 1.12 bits per heavy atom. The standard InChI is InChI=1S/C17H12ClN5O/c18-13-7-3-1-5-11(13)9-15-16(24)21-17(23-22-15)20-14-8-4-2-6-12(14)10-19/h1-8H,9H2,(H2,20,21,23,24). The van der Waals surface area contributed by atoms with Crippen LogP contribution >= 0.6 is 11.6 Å². The predicted molar refractivity (Wildman–Crippen MR) is 91.4 cm³/mol. The maximum atomic E-state index is 12.2. The fraction of sp³-hybridized carbons (Fsp3) is 0.0588. The third kappa shape index (κ3) is 3.42. The van der Waals surface area contributed by atoms with E-state index in [-0.39, 0.29) is 23.6 Å². The zero-order valence-corrected chi connectivity index (χ0v) is 13.2. The van der Waals surface area contributed by atoms with Crippen molar-refractivity contribution in [1.82, 2.24) is 15.2 Å². The lowest BCUT2D eigenvalue weighted by Crippen LogP contribution is -2.19. The van der Waals surface area contributed by atoms with E-state index in [9.17, 15) is 4.79 Å². The molecular formula is C17H12ClN5O. The maximum Gasteiger partial charge on any atom is 0.274 e. The summed E-state index contributed by atoms with van der Waals surface area (Å²) in [6, 6.07) is 16.2. The minimum absolute atomic E-state index is 0.172. The molecule has 3 rings (SSSR count). The van der Waals surface area contributed by atoms with E-state index in [4.69, 9.17) is 16.9 Å². The second-order valence-corrected chi connectivity index (χ2v) is 5.41. The van der Waals surface area contributed by atoms with Crippen LogP contribution in [0.5, 0.6) is 0 Å². The molecule has 0 fully saturated rings. The molecule has 0 amide bonds. The Kier molecular flexibility index (Phi) is 4.54. The molecule has 0 bridgehead atoms. The molecule has 0 aliphatic heterocycles. The number of nitriles is 1. The Bertz CT molecular complexity index is 977. The third-order valence-electron chi connectivity index (χ3n) is 3.38. The quantitative estimate of drug-likeness (QED) is 0.763. The van der Waals surface area contributed by atoms with Crippen molar-refractivity contribution in [2.75, 3.05) is 5.32 Å². The number of hydrogen-bond donors (Lipinski definition) is 2. The van der Waals surface area contributed by atoms with Crippen molar-refractivity contribution in [2.45, 2.75) is 6.42 Å². The first-order valence-electron chi connectivity index (χ1n) is 7.13. The van der Waals surface area contributed by atoms with Gasteiger partial charge in [0.15, 0.2) is 0 Å². The molecule has 0 saturated heterocycles. The van der Waals surface area contributed by atoms with Gasteiger partial charge in [0.2, 0.25) is 5.95 Å². The Labute approximate surface area is 142 Å². The normalized spacial score (nSPS) is 10.2. The van der Waals surface area contributed by atoms with Crippen molar-refractivity contribution < 1.29 is 0 Å². The summed E-state index contributed by atoms with van der Waals surface area (Å²) >= 11 is 6.10. The molecule has 7 heteroatoms. The zero-order chi connectivity index (χ0) is 16.9. The van der Waals surface area contributed by atoms with Gasteiger partial charge in [-0.2, -0.15) is 5.26 Å². The highest BCUT2D eigenvalue weighted by Crippen LogP contribution is 2.18. The summed E-state index contributed by atoms with van der Waals surface area (Å²) in [5.41, 5.74) is 1.70. The molecule has 0 aliphatic carbocycles. The molecular weight excluding hydrogens is 326 g/mol. The Balaban J connectivity index is 1.84. The fourth-order valence-corrected chi connectivity index (χ4v) is 2.37. The zero-order valence-electron chi connectivity index (χ0n) is 12.5. The van der Waals surface area contributed by atoms with Gasteiger partial charge in [-0.3, -0.25) is 9.78 Å². The fourth-order valence-electron chi connectivity index (χ4n) is 2.17. The first-order valence-corrected chi connectivity index (χ1v) is 7.50. The summed E-state index contributed by atoms with van der Waals surface area (Å²) in [7, 11) is 0. The van der Waals surface area contributed by atoms with E-state index in [1.165, 1.54) is 0 Å². The predicted octanol–water partition coefficient (Wildman–Crippen LogP) is 3.02. The molecule has 1 heterocycles. The maximum absolute atomic E-state index is 12.2. The number of nitrogens with zero attached hydrogens (tertiary/aromatic N) is 3. The molecule has 24 heavy (non-hydrogen) atoms. The largest absolute Gasteiger partial charge is 0.323 e. The van der Waals surface area contributed by atoms with E-state index < -0.39 is 0 Å². The average Bonchev–Trinajstić information content (AvgIpc) is 2.59. The van der Waals surface area contributed by atoms with Crippen molar-refractivity contribution in [3.05, 3.63) is 80.7 Å². The van der Waals surface area contributed by atoms with E-state index in [0.717, 1.165) is 5.56 Å². The van der Waals surface area contributed by atoms with Gasteiger partial charge in [-0.1, -0.05) is 41.9 Å². The Morgan fingerprint density at radius 2 is 1.88 bits per heavy atom. The Morgan fingerprint density at radius 3 is 2.62 bits per heavy atom. The number of halogens is 1. The van der Waals surface area contributed by atoms with Crippen molar-refractivity contribution in [3.63, 3.8) is 0 Å². The van der Waals surface area contributed by atoms with Gasteiger partial charge in [0.1, 0.15) is 11.8 Å². The topological polar surface area (TPSA) is 94.5 Å². The molecule has 1 aromatic heterocycles. The molecule has 0 atom stereocenters. The molecule has 3 aromatic rings. The van der Waals surface area contributed by atoms with Crippen molar-refractivity contribution in [1.29, 1.82) is 5.26 Å². The lowest BCUT2D eigenvalue weighted by atomic mass is 10.1. The number of nitrogens with one attached hydrogen (secondary N) is 2. The lowest BCUT2D eigenvalue weighted by Gasteiger charge is -2.07. The molecule has 118 valence electrons. The highest BCUT2D eigenvalue weighted by Gasteiger charge is 2.09. The summed E-state index contributed by atoms with van der Waals surface area (Å²) in [5.74, 6) is 0.172. The van der Waals surface area contributed by atoms with Crippen molar-refractivity contribution >= 4 is 23.2 Å². The molecule has 2 aromatic carbocycles. The van der Waals surface area contributed by atoms with Gasteiger partial charge in [0.25, 0.3) is 5.56 Å². The number of hydrogen-bond acceptors (Lipinski definition) is 5. The molecule has 0 spiro atoms. The summed E-state index contributed by atoms with van der Waals surface area (Å²) in [6.07, 6.45) is 0.289. The van der Waals surface area contributed by atoms with Gasteiger partial charge in [0.05, 0.1) is 11.3 Å². The molecule has 6 nitrogen and oxygen atoms in total. The van der Waals surface area contributed by atoms with E-state index >= 15 is 0 Å². The number of aromatic nitrogens is 3. The van der Waals surface area contributed by atoms with Crippen LogP contribution in [0, 0.1) is 11.3 Å².